The maximum atomic E-state index is 12.4. The number of benzene rings is 3. The van der Waals surface area contributed by atoms with Crippen LogP contribution in [0.25, 0.3) is 0 Å². The molecular weight excluding hydrogens is 350 g/mol. The number of ether oxygens (including phenoxy) is 1. The minimum atomic E-state index is -0.470. The summed E-state index contributed by atoms with van der Waals surface area (Å²) in [4.78, 5) is 14.2. The van der Waals surface area contributed by atoms with Gasteiger partial charge in [0.25, 0.3) is 5.91 Å². The Hall–Kier alpha value is -4.04. The highest BCUT2D eigenvalue weighted by atomic mass is 16.5. The van der Waals surface area contributed by atoms with E-state index >= 15 is 0 Å². The molecule has 5 nitrogen and oxygen atoms in total. The van der Waals surface area contributed by atoms with Crippen molar-refractivity contribution in [2.45, 2.75) is 0 Å². The highest BCUT2D eigenvalue weighted by Crippen LogP contribution is 2.23. The van der Waals surface area contributed by atoms with Gasteiger partial charge in [0.15, 0.2) is 0 Å². The number of carbonyl (C=O) groups excluding carboxylic acids is 1. The molecule has 0 aliphatic rings. The van der Waals surface area contributed by atoms with Crippen molar-refractivity contribution in [3.05, 3.63) is 96.7 Å². The highest BCUT2D eigenvalue weighted by Gasteiger charge is 2.11. The lowest BCUT2D eigenvalue weighted by atomic mass is 10.2. The molecule has 0 fully saturated rings. The summed E-state index contributed by atoms with van der Waals surface area (Å²) in [5, 5.41) is 12.1. The van der Waals surface area contributed by atoms with Gasteiger partial charge in [0.1, 0.15) is 23.1 Å². The van der Waals surface area contributed by atoms with Gasteiger partial charge in [0.2, 0.25) is 0 Å². The first-order valence-electron chi connectivity index (χ1n) is 8.70. The summed E-state index contributed by atoms with van der Waals surface area (Å²) < 4.78 is 5.73. The number of nitrogens with one attached hydrogen (secondary N) is 1. The molecule has 0 atom stereocenters. The molecule has 0 unspecified atom stereocenters. The van der Waals surface area contributed by atoms with Gasteiger partial charge in [-0.05, 0) is 48.5 Å². The molecule has 1 amide bonds. The normalized spacial score (nSPS) is 10.6. The molecule has 0 saturated heterocycles. The minimum absolute atomic E-state index is 0.0102. The first-order valence-corrected chi connectivity index (χ1v) is 8.70. The van der Waals surface area contributed by atoms with Crippen molar-refractivity contribution in [1.29, 1.82) is 5.26 Å². The monoisotopic (exact) mass is 369 g/mol. The Morgan fingerprint density at radius 1 is 0.929 bits per heavy atom. The minimum Gasteiger partial charge on any atom is -0.457 e. The molecular formula is C23H19N3O2. The molecule has 0 heterocycles. The Morgan fingerprint density at radius 2 is 1.50 bits per heavy atom. The molecule has 1 N–H and O–H groups in total. The molecule has 0 bridgehead atoms. The molecule has 28 heavy (non-hydrogen) atoms. The summed E-state index contributed by atoms with van der Waals surface area (Å²) in [5.74, 6) is 0.920. The first kappa shape index (κ1) is 18.7. The van der Waals surface area contributed by atoms with Crippen LogP contribution in [0.15, 0.2) is 96.7 Å². The molecule has 0 saturated carbocycles. The standard InChI is InChI=1S/C23H19N3O2/c1-26(20-8-4-2-5-9-20)17-18(16-24)23(27)25-19-12-14-22(15-13-19)28-21-10-6-3-7-11-21/h2-15,17H,1H3,(H,25,27)/b18-17-. The number of hydrogen-bond donors (Lipinski definition) is 1. The van der Waals surface area contributed by atoms with Crippen LogP contribution in [0.5, 0.6) is 11.5 Å². The summed E-state index contributed by atoms with van der Waals surface area (Å²) in [6, 6.07) is 27.8. The van der Waals surface area contributed by atoms with Gasteiger partial charge in [-0.15, -0.1) is 0 Å². The zero-order valence-electron chi connectivity index (χ0n) is 15.4. The quantitative estimate of drug-likeness (QED) is 0.493. The number of rotatable bonds is 6. The number of para-hydroxylation sites is 2. The second kappa shape index (κ2) is 9.06. The lowest BCUT2D eigenvalue weighted by Gasteiger charge is -2.14. The van der Waals surface area contributed by atoms with Crippen molar-refractivity contribution < 1.29 is 9.53 Å². The lowest BCUT2D eigenvalue weighted by molar-refractivity contribution is -0.112. The third-order valence-corrected chi connectivity index (χ3v) is 3.94. The van der Waals surface area contributed by atoms with Crippen molar-refractivity contribution in [1.82, 2.24) is 0 Å². The van der Waals surface area contributed by atoms with Gasteiger partial charge in [-0.2, -0.15) is 5.26 Å². The highest BCUT2D eigenvalue weighted by molar-refractivity contribution is 6.06. The third-order valence-electron chi connectivity index (χ3n) is 3.94. The smallest absolute Gasteiger partial charge is 0.267 e. The Morgan fingerprint density at radius 3 is 2.11 bits per heavy atom. The number of carbonyl (C=O) groups is 1. The Kier molecular flexibility index (Phi) is 6.06. The van der Waals surface area contributed by atoms with Gasteiger partial charge in [0.05, 0.1) is 0 Å². The van der Waals surface area contributed by atoms with Gasteiger partial charge in [-0.3, -0.25) is 4.79 Å². The van der Waals surface area contributed by atoms with Crippen molar-refractivity contribution in [2.24, 2.45) is 0 Å². The predicted octanol–water partition coefficient (Wildman–Crippen LogP) is 4.96. The number of amides is 1. The summed E-state index contributed by atoms with van der Waals surface area (Å²) in [6.07, 6.45) is 1.51. The Bertz CT molecular complexity index is 992. The van der Waals surface area contributed by atoms with Crippen LogP contribution < -0.4 is 15.0 Å². The van der Waals surface area contributed by atoms with E-state index in [-0.39, 0.29) is 5.57 Å². The summed E-state index contributed by atoms with van der Waals surface area (Å²) in [5.41, 5.74) is 1.47. The number of anilines is 2. The molecule has 3 rings (SSSR count). The fraction of sp³-hybridized carbons (Fsp3) is 0.0435. The van der Waals surface area contributed by atoms with Crippen LogP contribution in [0.3, 0.4) is 0 Å². The van der Waals surface area contributed by atoms with E-state index in [1.54, 1.807) is 36.2 Å². The number of nitriles is 1. The summed E-state index contributed by atoms with van der Waals surface area (Å²) in [7, 11) is 1.79. The molecule has 0 aliphatic heterocycles. The summed E-state index contributed by atoms with van der Waals surface area (Å²) in [6.45, 7) is 0. The maximum Gasteiger partial charge on any atom is 0.267 e. The molecule has 0 aromatic heterocycles. The second-order valence-corrected chi connectivity index (χ2v) is 5.99. The van der Waals surface area contributed by atoms with Crippen LogP contribution >= 0.6 is 0 Å². The summed E-state index contributed by atoms with van der Waals surface area (Å²) >= 11 is 0. The third kappa shape index (κ3) is 4.99. The molecule has 3 aromatic rings. The molecule has 0 radical (unpaired) electrons. The van der Waals surface area contributed by atoms with Crippen molar-refractivity contribution in [3.63, 3.8) is 0 Å². The van der Waals surface area contributed by atoms with E-state index in [1.165, 1.54) is 6.20 Å². The predicted molar refractivity (Wildman–Crippen MR) is 110 cm³/mol. The van der Waals surface area contributed by atoms with E-state index in [1.807, 2.05) is 66.7 Å². The Balaban J connectivity index is 1.66. The Labute approximate surface area is 164 Å². The van der Waals surface area contributed by atoms with Crippen LogP contribution in [-0.2, 0) is 4.79 Å². The zero-order chi connectivity index (χ0) is 19.8. The second-order valence-electron chi connectivity index (χ2n) is 5.99. The SMILES string of the molecule is CN(/C=C(/C#N)C(=O)Nc1ccc(Oc2ccccc2)cc1)c1ccccc1. The molecule has 5 heteroatoms. The van der Waals surface area contributed by atoms with Crippen LogP contribution in [0.2, 0.25) is 0 Å². The zero-order valence-corrected chi connectivity index (χ0v) is 15.4. The lowest BCUT2D eigenvalue weighted by Crippen LogP contribution is -2.17. The van der Waals surface area contributed by atoms with Crippen LogP contribution in [0, 0.1) is 11.3 Å². The average Bonchev–Trinajstić information content (AvgIpc) is 2.74. The number of nitrogens with zero attached hydrogens (tertiary/aromatic N) is 2. The van der Waals surface area contributed by atoms with Crippen molar-refractivity contribution >= 4 is 17.3 Å². The fourth-order valence-corrected chi connectivity index (χ4v) is 2.50. The van der Waals surface area contributed by atoms with E-state index in [9.17, 15) is 10.1 Å². The van der Waals surface area contributed by atoms with Gasteiger partial charge in [-0.1, -0.05) is 36.4 Å². The van der Waals surface area contributed by atoms with Crippen molar-refractivity contribution in [2.75, 3.05) is 17.3 Å². The van der Waals surface area contributed by atoms with Crippen LogP contribution in [0.4, 0.5) is 11.4 Å². The largest absolute Gasteiger partial charge is 0.457 e. The van der Waals surface area contributed by atoms with E-state index in [0.717, 1.165) is 11.4 Å². The maximum absolute atomic E-state index is 12.4. The van der Waals surface area contributed by atoms with E-state index < -0.39 is 5.91 Å². The fourth-order valence-electron chi connectivity index (χ4n) is 2.50. The van der Waals surface area contributed by atoms with E-state index in [4.69, 9.17) is 4.74 Å². The van der Waals surface area contributed by atoms with E-state index in [2.05, 4.69) is 5.32 Å². The molecule has 0 aliphatic carbocycles. The van der Waals surface area contributed by atoms with Gasteiger partial charge < -0.3 is 15.0 Å². The first-order chi connectivity index (χ1) is 13.7. The average molecular weight is 369 g/mol. The topological polar surface area (TPSA) is 65.4 Å². The van der Waals surface area contributed by atoms with Crippen LogP contribution in [-0.4, -0.2) is 13.0 Å². The molecule has 138 valence electrons. The van der Waals surface area contributed by atoms with Gasteiger partial charge in [-0.25, -0.2) is 0 Å². The van der Waals surface area contributed by atoms with Gasteiger partial charge >= 0.3 is 0 Å². The van der Waals surface area contributed by atoms with Gasteiger partial charge in [0, 0.05) is 24.6 Å². The van der Waals surface area contributed by atoms with Crippen LogP contribution in [0.1, 0.15) is 0 Å². The molecule has 3 aromatic carbocycles. The van der Waals surface area contributed by atoms with Crippen molar-refractivity contribution in [3.8, 4) is 17.6 Å². The number of hydrogen-bond acceptors (Lipinski definition) is 4. The molecule has 0 spiro atoms. The van der Waals surface area contributed by atoms with E-state index in [0.29, 0.717) is 11.4 Å².